The summed E-state index contributed by atoms with van der Waals surface area (Å²) < 4.78 is 5.14. The Bertz CT molecular complexity index is 486. The molecule has 0 aliphatic heterocycles. The van der Waals surface area contributed by atoms with Crippen LogP contribution in [0.15, 0.2) is 24.3 Å². The van der Waals surface area contributed by atoms with Gasteiger partial charge in [-0.2, -0.15) is 0 Å². The molecular formula is C16H22N2O2S. The lowest BCUT2D eigenvalue weighted by atomic mass is 9.87. The topological polar surface area (TPSA) is 64.3 Å². The molecule has 2 atom stereocenters. The second-order valence-corrected chi connectivity index (χ2v) is 5.66. The van der Waals surface area contributed by atoms with E-state index in [4.69, 9.17) is 10.5 Å². The summed E-state index contributed by atoms with van der Waals surface area (Å²) in [6.45, 7) is 0. The molecule has 5 heteroatoms. The standard InChI is InChI=1S/C15H20N2O2.CH2S/c1-19-12-4-2-9(3-5-12)13-8-14(13)15(18)17-11-6-10(16)7-11;1-2/h2-5,10-11,13-14H,6-8,16H2,1H3,(H,17,18);1H2. The van der Waals surface area contributed by atoms with Crippen LogP contribution in [0.1, 0.15) is 30.7 Å². The van der Waals surface area contributed by atoms with Crippen LogP contribution < -0.4 is 15.8 Å². The number of thiocarbonyl (C=S) groups is 1. The van der Waals surface area contributed by atoms with E-state index in [1.54, 1.807) is 7.11 Å². The number of methoxy groups -OCH3 is 1. The zero-order valence-corrected chi connectivity index (χ0v) is 13.1. The summed E-state index contributed by atoms with van der Waals surface area (Å²) in [6.07, 6.45) is 2.80. The number of rotatable bonds is 4. The number of nitrogens with one attached hydrogen (secondary N) is 1. The summed E-state index contributed by atoms with van der Waals surface area (Å²) in [4.78, 5) is 12.0. The number of ether oxygens (including phenoxy) is 1. The predicted molar refractivity (Wildman–Crippen MR) is 87.7 cm³/mol. The van der Waals surface area contributed by atoms with Crippen LogP contribution >= 0.6 is 12.2 Å². The van der Waals surface area contributed by atoms with Gasteiger partial charge in [0.2, 0.25) is 5.91 Å². The van der Waals surface area contributed by atoms with Crippen molar-refractivity contribution in [2.45, 2.75) is 37.3 Å². The van der Waals surface area contributed by atoms with Crippen LogP contribution in [0, 0.1) is 5.92 Å². The molecule has 2 aliphatic rings. The Balaban J connectivity index is 0.000000774. The molecule has 0 radical (unpaired) electrons. The Morgan fingerprint density at radius 2 is 1.90 bits per heavy atom. The van der Waals surface area contributed by atoms with Crippen LogP contribution in [0.2, 0.25) is 0 Å². The molecule has 0 aromatic heterocycles. The van der Waals surface area contributed by atoms with Crippen molar-refractivity contribution in [2.24, 2.45) is 11.7 Å². The SMILES string of the molecule is C=S.COc1ccc(C2CC2C(=O)NC2CC(N)C2)cc1. The number of amides is 1. The van der Waals surface area contributed by atoms with Crippen LogP contribution in [0.3, 0.4) is 0 Å². The van der Waals surface area contributed by atoms with E-state index in [1.807, 2.05) is 12.1 Å². The van der Waals surface area contributed by atoms with E-state index in [0.29, 0.717) is 12.0 Å². The molecule has 0 spiro atoms. The number of carbonyl (C=O) groups excluding carboxylic acids is 1. The molecule has 21 heavy (non-hydrogen) atoms. The maximum absolute atomic E-state index is 12.0. The minimum atomic E-state index is 0.144. The summed E-state index contributed by atoms with van der Waals surface area (Å²) in [5.74, 6) is 4.40. The molecule has 0 saturated heterocycles. The Hall–Kier alpha value is -1.46. The molecular weight excluding hydrogens is 284 g/mol. The van der Waals surface area contributed by atoms with Crippen molar-refractivity contribution >= 4 is 24.0 Å². The fourth-order valence-corrected chi connectivity index (χ4v) is 2.79. The molecule has 0 bridgehead atoms. The lowest BCUT2D eigenvalue weighted by Crippen LogP contribution is -2.50. The molecule has 1 amide bonds. The number of carbonyl (C=O) groups is 1. The summed E-state index contributed by atoms with van der Waals surface area (Å²) in [5, 5.41) is 3.09. The summed E-state index contributed by atoms with van der Waals surface area (Å²) in [7, 11) is 1.66. The van der Waals surface area contributed by atoms with E-state index in [1.165, 1.54) is 5.56 Å². The van der Waals surface area contributed by atoms with E-state index in [2.05, 4.69) is 35.5 Å². The van der Waals surface area contributed by atoms with Gasteiger partial charge in [0.15, 0.2) is 0 Å². The lowest BCUT2D eigenvalue weighted by Gasteiger charge is -2.33. The summed E-state index contributed by atoms with van der Waals surface area (Å²) in [6, 6.07) is 8.59. The second kappa shape index (κ2) is 7.00. The third-order valence-corrected chi connectivity index (χ3v) is 4.19. The normalized spacial score (nSPS) is 29.4. The first-order valence-corrected chi connectivity index (χ1v) is 7.74. The molecule has 2 aliphatic carbocycles. The van der Waals surface area contributed by atoms with Gasteiger partial charge >= 0.3 is 0 Å². The van der Waals surface area contributed by atoms with Crippen molar-refractivity contribution < 1.29 is 9.53 Å². The molecule has 3 N–H and O–H groups in total. The molecule has 2 unspecified atom stereocenters. The van der Waals surface area contributed by atoms with E-state index >= 15 is 0 Å². The smallest absolute Gasteiger partial charge is 0.223 e. The van der Waals surface area contributed by atoms with E-state index < -0.39 is 0 Å². The average molecular weight is 306 g/mol. The monoisotopic (exact) mass is 306 g/mol. The Morgan fingerprint density at radius 1 is 1.29 bits per heavy atom. The Kier molecular flexibility index (Phi) is 5.31. The van der Waals surface area contributed by atoms with Crippen molar-refractivity contribution in [1.29, 1.82) is 0 Å². The van der Waals surface area contributed by atoms with E-state index in [-0.39, 0.29) is 17.9 Å². The van der Waals surface area contributed by atoms with Crippen molar-refractivity contribution in [3.05, 3.63) is 29.8 Å². The summed E-state index contributed by atoms with van der Waals surface area (Å²) in [5.41, 5.74) is 6.95. The molecule has 2 fully saturated rings. The highest BCUT2D eigenvalue weighted by Crippen LogP contribution is 2.48. The first-order chi connectivity index (χ1) is 10.2. The Labute approximate surface area is 131 Å². The van der Waals surface area contributed by atoms with Gasteiger partial charge < -0.3 is 15.8 Å². The molecule has 3 rings (SSSR count). The van der Waals surface area contributed by atoms with Gasteiger partial charge in [-0.1, -0.05) is 24.4 Å². The number of nitrogens with two attached hydrogens (primary N) is 1. The third kappa shape index (κ3) is 3.80. The number of hydrogen-bond acceptors (Lipinski definition) is 4. The molecule has 4 nitrogen and oxygen atoms in total. The maximum atomic E-state index is 12.0. The minimum absolute atomic E-state index is 0.144. The molecule has 1 aromatic carbocycles. The van der Waals surface area contributed by atoms with E-state index in [9.17, 15) is 4.79 Å². The molecule has 0 heterocycles. The Morgan fingerprint density at radius 3 is 2.43 bits per heavy atom. The molecule has 1 aromatic rings. The van der Waals surface area contributed by atoms with Crippen LogP contribution in [0.25, 0.3) is 0 Å². The van der Waals surface area contributed by atoms with E-state index in [0.717, 1.165) is 25.0 Å². The zero-order valence-electron chi connectivity index (χ0n) is 12.2. The van der Waals surface area contributed by atoms with Gasteiger partial charge in [0, 0.05) is 18.0 Å². The van der Waals surface area contributed by atoms with Gasteiger partial charge in [0.25, 0.3) is 0 Å². The second-order valence-electron chi connectivity index (χ2n) is 5.66. The molecule has 2 saturated carbocycles. The van der Waals surface area contributed by atoms with Gasteiger partial charge in [-0.05, 0) is 48.7 Å². The quantitative estimate of drug-likeness (QED) is 0.835. The van der Waals surface area contributed by atoms with Crippen LogP contribution in [-0.4, -0.2) is 31.0 Å². The molecule has 114 valence electrons. The van der Waals surface area contributed by atoms with Crippen LogP contribution in [-0.2, 0) is 4.79 Å². The van der Waals surface area contributed by atoms with Crippen molar-refractivity contribution in [3.8, 4) is 5.75 Å². The minimum Gasteiger partial charge on any atom is -0.497 e. The van der Waals surface area contributed by atoms with Gasteiger partial charge in [0.05, 0.1) is 7.11 Å². The van der Waals surface area contributed by atoms with Gasteiger partial charge in [-0.15, -0.1) is 0 Å². The van der Waals surface area contributed by atoms with Crippen LogP contribution in [0.5, 0.6) is 5.75 Å². The maximum Gasteiger partial charge on any atom is 0.223 e. The fraction of sp³-hybridized carbons (Fsp3) is 0.500. The zero-order chi connectivity index (χ0) is 15.4. The van der Waals surface area contributed by atoms with Crippen molar-refractivity contribution in [1.82, 2.24) is 5.32 Å². The van der Waals surface area contributed by atoms with Crippen LogP contribution in [0.4, 0.5) is 0 Å². The average Bonchev–Trinajstić information content (AvgIpc) is 3.28. The largest absolute Gasteiger partial charge is 0.497 e. The van der Waals surface area contributed by atoms with Gasteiger partial charge in [-0.25, -0.2) is 0 Å². The summed E-state index contributed by atoms with van der Waals surface area (Å²) >= 11 is 3.83. The third-order valence-electron chi connectivity index (χ3n) is 4.19. The predicted octanol–water partition coefficient (Wildman–Crippen LogP) is 2.02. The van der Waals surface area contributed by atoms with Gasteiger partial charge in [-0.3, -0.25) is 4.79 Å². The number of benzene rings is 1. The highest BCUT2D eigenvalue weighted by molar-refractivity contribution is 7.77. The fourth-order valence-electron chi connectivity index (χ4n) is 2.79. The lowest BCUT2D eigenvalue weighted by molar-refractivity contribution is -0.123. The van der Waals surface area contributed by atoms with Crippen molar-refractivity contribution in [2.75, 3.05) is 7.11 Å². The first-order valence-electron chi connectivity index (χ1n) is 7.16. The highest BCUT2D eigenvalue weighted by atomic mass is 32.1. The highest BCUT2D eigenvalue weighted by Gasteiger charge is 2.45. The van der Waals surface area contributed by atoms with Gasteiger partial charge in [0.1, 0.15) is 5.75 Å². The first kappa shape index (κ1) is 15.9. The number of hydrogen-bond donors (Lipinski definition) is 2. The van der Waals surface area contributed by atoms with Crippen molar-refractivity contribution in [3.63, 3.8) is 0 Å².